The van der Waals surface area contributed by atoms with Crippen LogP contribution in [0.1, 0.15) is 40.0 Å². The molecule has 0 bridgehead atoms. The Hall–Kier alpha value is -1.12. The largest absolute Gasteiger partial charge is 0.444 e. The second-order valence-electron chi connectivity index (χ2n) is 6.58. The van der Waals surface area contributed by atoms with Crippen LogP contribution in [0.4, 0.5) is 4.79 Å². The van der Waals surface area contributed by atoms with Crippen molar-refractivity contribution in [1.29, 1.82) is 0 Å². The molecule has 1 amide bonds. The average Bonchev–Trinajstić information content (AvgIpc) is 2.98. The van der Waals surface area contributed by atoms with Crippen molar-refractivity contribution < 1.29 is 17.9 Å². The van der Waals surface area contributed by atoms with Crippen LogP contribution in [-0.2, 0) is 14.8 Å². The van der Waals surface area contributed by atoms with Crippen molar-refractivity contribution in [3.63, 3.8) is 0 Å². The Kier molecular flexibility index (Phi) is 5.70. The molecule has 0 aliphatic carbocycles. The third kappa shape index (κ3) is 4.92. The monoisotopic (exact) mass is 360 g/mol. The molecular formula is C15H24N2O4S2. The first-order valence-electron chi connectivity index (χ1n) is 7.72. The number of ether oxygens (including phenoxy) is 1. The van der Waals surface area contributed by atoms with Gasteiger partial charge in [0.2, 0.25) is 0 Å². The second-order valence-corrected chi connectivity index (χ2v) is 9.65. The van der Waals surface area contributed by atoms with Crippen LogP contribution in [0.15, 0.2) is 21.7 Å². The summed E-state index contributed by atoms with van der Waals surface area (Å²) < 4.78 is 32.5. The molecule has 23 heavy (non-hydrogen) atoms. The van der Waals surface area contributed by atoms with Gasteiger partial charge >= 0.3 is 6.09 Å². The summed E-state index contributed by atoms with van der Waals surface area (Å²) in [5.74, 6) is 0. The first-order valence-corrected chi connectivity index (χ1v) is 10.0. The number of hydrogen-bond acceptors (Lipinski definition) is 5. The number of carbonyl (C=O) groups excluding carboxylic acids is 1. The minimum atomic E-state index is -3.49. The van der Waals surface area contributed by atoms with E-state index < -0.39 is 21.7 Å². The zero-order valence-electron chi connectivity index (χ0n) is 13.7. The van der Waals surface area contributed by atoms with Gasteiger partial charge in [0.15, 0.2) is 0 Å². The highest BCUT2D eigenvalue weighted by atomic mass is 32.2. The summed E-state index contributed by atoms with van der Waals surface area (Å²) in [6.07, 6.45) is 2.02. The Balaban J connectivity index is 2.03. The highest BCUT2D eigenvalue weighted by Crippen LogP contribution is 2.27. The minimum Gasteiger partial charge on any atom is -0.444 e. The topological polar surface area (TPSA) is 75.7 Å². The zero-order chi connectivity index (χ0) is 17.1. The summed E-state index contributed by atoms with van der Waals surface area (Å²) >= 11 is 1.22. The van der Waals surface area contributed by atoms with Gasteiger partial charge in [-0.1, -0.05) is 12.5 Å². The van der Waals surface area contributed by atoms with Crippen molar-refractivity contribution in [2.75, 3.05) is 13.1 Å². The molecule has 8 heteroatoms. The van der Waals surface area contributed by atoms with E-state index >= 15 is 0 Å². The number of amides is 1. The molecule has 1 aromatic rings. The van der Waals surface area contributed by atoms with Crippen LogP contribution in [0.25, 0.3) is 0 Å². The van der Waals surface area contributed by atoms with Crippen molar-refractivity contribution in [3.05, 3.63) is 17.5 Å². The lowest BCUT2D eigenvalue weighted by Gasteiger charge is -2.34. The molecule has 1 aliphatic heterocycles. The summed E-state index contributed by atoms with van der Waals surface area (Å²) in [4.78, 5) is 11.8. The Morgan fingerprint density at radius 1 is 1.43 bits per heavy atom. The Morgan fingerprint density at radius 2 is 2.17 bits per heavy atom. The van der Waals surface area contributed by atoms with Crippen molar-refractivity contribution in [2.24, 2.45) is 0 Å². The first kappa shape index (κ1) is 18.2. The van der Waals surface area contributed by atoms with E-state index in [2.05, 4.69) is 5.32 Å². The summed E-state index contributed by atoms with van der Waals surface area (Å²) in [6.45, 7) is 6.13. The lowest BCUT2D eigenvalue weighted by Crippen LogP contribution is -2.49. The molecular weight excluding hydrogens is 336 g/mol. The smallest absolute Gasteiger partial charge is 0.407 e. The van der Waals surface area contributed by atoms with Gasteiger partial charge in [0.05, 0.1) is 0 Å². The zero-order valence-corrected chi connectivity index (χ0v) is 15.4. The van der Waals surface area contributed by atoms with Crippen LogP contribution in [0, 0.1) is 0 Å². The fraction of sp³-hybridized carbons (Fsp3) is 0.667. The molecule has 1 fully saturated rings. The number of nitrogens with zero attached hydrogens (tertiary/aromatic N) is 1. The summed E-state index contributed by atoms with van der Waals surface area (Å²) in [7, 11) is -3.49. The second kappa shape index (κ2) is 7.19. The standard InChI is InChI=1S/C15H24N2O4S2/c1-15(2,3)21-14(18)16-11-12-7-4-5-9-17(12)23(19,20)13-8-6-10-22-13/h6,8,10,12H,4-5,7,9,11H2,1-3H3,(H,16,18)/t12-/m1/s1. The van der Waals surface area contributed by atoms with E-state index in [-0.39, 0.29) is 12.6 Å². The number of piperidine rings is 1. The average molecular weight is 361 g/mol. The van der Waals surface area contributed by atoms with E-state index in [1.54, 1.807) is 38.3 Å². The third-order valence-electron chi connectivity index (χ3n) is 3.51. The van der Waals surface area contributed by atoms with E-state index in [9.17, 15) is 13.2 Å². The minimum absolute atomic E-state index is 0.233. The quantitative estimate of drug-likeness (QED) is 0.896. The molecule has 1 N–H and O–H groups in total. The molecule has 1 atom stereocenters. The molecule has 2 heterocycles. The molecule has 0 saturated carbocycles. The Bertz CT molecular complexity index is 620. The molecule has 0 spiro atoms. The van der Waals surface area contributed by atoms with Crippen LogP contribution in [0.2, 0.25) is 0 Å². The number of carbonyl (C=O) groups is 1. The summed E-state index contributed by atoms with van der Waals surface area (Å²) in [5, 5.41) is 4.45. The first-order chi connectivity index (χ1) is 10.7. The molecule has 0 unspecified atom stereocenters. The number of nitrogens with one attached hydrogen (secondary N) is 1. The van der Waals surface area contributed by atoms with Crippen LogP contribution in [0.3, 0.4) is 0 Å². The summed E-state index contributed by atoms with van der Waals surface area (Å²) in [6, 6.07) is 3.12. The molecule has 1 aromatic heterocycles. The van der Waals surface area contributed by atoms with Crippen molar-refractivity contribution in [2.45, 2.75) is 55.9 Å². The fourth-order valence-corrected chi connectivity index (χ4v) is 5.35. The van der Waals surface area contributed by atoms with Crippen molar-refractivity contribution in [3.8, 4) is 0 Å². The highest BCUT2D eigenvalue weighted by Gasteiger charge is 2.34. The lowest BCUT2D eigenvalue weighted by atomic mass is 10.1. The maximum absolute atomic E-state index is 12.7. The molecule has 2 rings (SSSR count). The van der Waals surface area contributed by atoms with Crippen LogP contribution < -0.4 is 5.32 Å². The fourth-order valence-electron chi connectivity index (χ4n) is 2.54. The number of hydrogen-bond donors (Lipinski definition) is 1. The van der Waals surface area contributed by atoms with Gasteiger partial charge in [-0.15, -0.1) is 11.3 Å². The van der Waals surface area contributed by atoms with Crippen molar-refractivity contribution in [1.82, 2.24) is 9.62 Å². The van der Waals surface area contributed by atoms with Gasteiger partial charge in [-0.2, -0.15) is 4.31 Å². The van der Waals surface area contributed by atoms with Crippen LogP contribution in [-0.4, -0.2) is 43.5 Å². The predicted octanol–water partition coefficient (Wildman–Crippen LogP) is 2.82. The molecule has 1 saturated heterocycles. The molecule has 0 radical (unpaired) electrons. The van der Waals surface area contributed by atoms with Gasteiger partial charge in [-0.05, 0) is 45.1 Å². The van der Waals surface area contributed by atoms with Gasteiger partial charge in [-0.3, -0.25) is 0 Å². The molecule has 130 valence electrons. The number of thiophene rings is 1. The van der Waals surface area contributed by atoms with Crippen LogP contribution >= 0.6 is 11.3 Å². The van der Waals surface area contributed by atoms with Gasteiger partial charge in [0, 0.05) is 19.1 Å². The number of rotatable bonds is 4. The maximum Gasteiger partial charge on any atom is 0.407 e. The Morgan fingerprint density at radius 3 is 2.78 bits per heavy atom. The maximum atomic E-state index is 12.7. The lowest BCUT2D eigenvalue weighted by molar-refractivity contribution is 0.0512. The Labute approximate surface area is 141 Å². The van der Waals surface area contributed by atoms with E-state index in [0.717, 1.165) is 19.3 Å². The molecule has 1 aliphatic rings. The molecule has 6 nitrogen and oxygen atoms in total. The van der Waals surface area contributed by atoms with E-state index in [4.69, 9.17) is 4.74 Å². The van der Waals surface area contributed by atoms with Gasteiger partial charge < -0.3 is 10.1 Å². The predicted molar refractivity (Wildman–Crippen MR) is 90.1 cm³/mol. The number of alkyl carbamates (subject to hydrolysis) is 1. The van der Waals surface area contributed by atoms with Gasteiger partial charge in [0.1, 0.15) is 9.81 Å². The third-order valence-corrected chi connectivity index (χ3v) is 6.84. The number of sulfonamides is 1. The normalized spacial score (nSPS) is 20.2. The van der Waals surface area contributed by atoms with E-state index in [1.165, 1.54) is 15.6 Å². The molecule has 0 aromatic carbocycles. The van der Waals surface area contributed by atoms with E-state index in [1.807, 2.05) is 0 Å². The van der Waals surface area contributed by atoms with Crippen molar-refractivity contribution >= 4 is 27.5 Å². The summed E-state index contributed by atoms with van der Waals surface area (Å²) in [5.41, 5.74) is -0.570. The highest BCUT2D eigenvalue weighted by molar-refractivity contribution is 7.91. The van der Waals surface area contributed by atoms with Gasteiger partial charge in [-0.25, -0.2) is 13.2 Å². The SMILES string of the molecule is CC(C)(C)OC(=O)NC[C@H]1CCCCN1S(=O)(=O)c1cccs1. The van der Waals surface area contributed by atoms with E-state index in [0.29, 0.717) is 10.8 Å². The van der Waals surface area contributed by atoms with Gasteiger partial charge in [0.25, 0.3) is 10.0 Å². The van der Waals surface area contributed by atoms with Crippen LogP contribution in [0.5, 0.6) is 0 Å².